The molecule has 0 aliphatic carbocycles. The average Bonchev–Trinajstić information content (AvgIpc) is 2.59. The van der Waals surface area contributed by atoms with Gasteiger partial charge in [-0.15, -0.1) is 11.8 Å². The molecule has 1 amide bonds. The third kappa shape index (κ3) is 5.23. The minimum Gasteiger partial charge on any atom is -0.495 e. The van der Waals surface area contributed by atoms with Crippen LogP contribution < -0.4 is 10.1 Å². The number of nitro benzene ring substituents is 1. The molecule has 1 N–H and O–H groups in total. The van der Waals surface area contributed by atoms with Crippen molar-refractivity contribution in [3.8, 4) is 5.75 Å². The fraction of sp³-hybridized carbons (Fsp3) is 0.316. The summed E-state index contributed by atoms with van der Waals surface area (Å²) in [6, 6.07) is 12.2. The summed E-state index contributed by atoms with van der Waals surface area (Å²) in [6.07, 6.45) is 0. The number of rotatable bonds is 6. The van der Waals surface area contributed by atoms with E-state index < -0.39 is 4.92 Å². The second-order valence-electron chi connectivity index (χ2n) is 6.75. The molecule has 2 aromatic rings. The molecule has 0 bridgehead atoms. The first kappa shape index (κ1) is 19.8. The van der Waals surface area contributed by atoms with Crippen molar-refractivity contribution in [2.24, 2.45) is 0 Å². The Balaban J connectivity index is 2.01. The van der Waals surface area contributed by atoms with E-state index >= 15 is 0 Å². The van der Waals surface area contributed by atoms with Gasteiger partial charge in [0.15, 0.2) is 0 Å². The smallest absolute Gasteiger partial charge is 0.271 e. The zero-order chi connectivity index (χ0) is 19.3. The number of nitrogens with zero attached hydrogens (tertiary/aromatic N) is 1. The van der Waals surface area contributed by atoms with Crippen molar-refractivity contribution in [3.05, 3.63) is 58.1 Å². The van der Waals surface area contributed by atoms with E-state index in [1.807, 2.05) is 12.1 Å². The van der Waals surface area contributed by atoms with E-state index in [4.69, 9.17) is 4.74 Å². The second-order valence-corrected chi connectivity index (χ2v) is 7.80. The van der Waals surface area contributed by atoms with E-state index in [2.05, 4.69) is 38.2 Å². The summed E-state index contributed by atoms with van der Waals surface area (Å²) < 4.78 is 5.14. The van der Waals surface area contributed by atoms with Crippen LogP contribution in [0, 0.1) is 10.1 Å². The number of methoxy groups -OCH3 is 1. The zero-order valence-electron chi connectivity index (χ0n) is 15.2. The number of amides is 1. The fourth-order valence-corrected chi connectivity index (χ4v) is 2.99. The molecule has 138 valence electrons. The van der Waals surface area contributed by atoms with E-state index in [1.165, 1.54) is 42.6 Å². The number of hydrogen-bond donors (Lipinski definition) is 1. The third-order valence-corrected chi connectivity index (χ3v) is 4.77. The highest BCUT2D eigenvalue weighted by molar-refractivity contribution is 8.00. The summed E-state index contributed by atoms with van der Waals surface area (Å²) in [7, 11) is 1.45. The molecule has 0 spiro atoms. The van der Waals surface area contributed by atoms with Crippen molar-refractivity contribution in [1.29, 1.82) is 0 Å². The molecular formula is C19H22N2O4S. The molecule has 0 saturated carbocycles. The third-order valence-electron chi connectivity index (χ3n) is 3.76. The predicted octanol–water partition coefficient (Wildman–Crippen LogP) is 4.63. The van der Waals surface area contributed by atoms with E-state index in [0.717, 1.165) is 4.90 Å². The van der Waals surface area contributed by atoms with Crippen LogP contribution in [0.15, 0.2) is 47.4 Å². The van der Waals surface area contributed by atoms with Crippen molar-refractivity contribution in [2.75, 3.05) is 18.2 Å². The molecule has 7 heteroatoms. The first-order chi connectivity index (χ1) is 12.2. The predicted molar refractivity (Wildman–Crippen MR) is 104 cm³/mol. The molecule has 6 nitrogen and oxygen atoms in total. The number of nitrogens with one attached hydrogen (secondary N) is 1. The quantitative estimate of drug-likeness (QED) is 0.453. The van der Waals surface area contributed by atoms with Crippen LogP contribution in [0.3, 0.4) is 0 Å². The molecular weight excluding hydrogens is 352 g/mol. The molecule has 26 heavy (non-hydrogen) atoms. The van der Waals surface area contributed by atoms with Crippen molar-refractivity contribution < 1.29 is 14.5 Å². The molecule has 2 rings (SSSR count). The fourth-order valence-electron chi connectivity index (χ4n) is 2.29. The Morgan fingerprint density at radius 3 is 2.38 bits per heavy atom. The molecule has 0 radical (unpaired) electrons. The highest BCUT2D eigenvalue weighted by Gasteiger charge is 2.15. The summed E-state index contributed by atoms with van der Waals surface area (Å²) in [5.41, 5.74) is 1.49. The Morgan fingerprint density at radius 1 is 1.19 bits per heavy atom. The lowest BCUT2D eigenvalue weighted by atomic mass is 9.87. The number of carbonyl (C=O) groups is 1. The molecule has 0 heterocycles. The monoisotopic (exact) mass is 374 g/mol. The number of benzene rings is 2. The lowest BCUT2D eigenvalue weighted by Gasteiger charge is -2.19. The number of carbonyl (C=O) groups excluding carboxylic acids is 1. The van der Waals surface area contributed by atoms with Gasteiger partial charge >= 0.3 is 0 Å². The maximum absolute atomic E-state index is 12.2. The Kier molecular flexibility index (Phi) is 6.26. The molecule has 0 saturated heterocycles. The van der Waals surface area contributed by atoms with Crippen LogP contribution in [0.5, 0.6) is 5.75 Å². The lowest BCUT2D eigenvalue weighted by Crippen LogP contribution is -2.15. The molecule has 2 aromatic carbocycles. The van der Waals surface area contributed by atoms with Crippen molar-refractivity contribution in [1.82, 2.24) is 0 Å². The normalized spacial score (nSPS) is 11.1. The minimum atomic E-state index is -0.513. The summed E-state index contributed by atoms with van der Waals surface area (Å²) in [6.45, 7) is 6.44. The first-order valence-electron chi connectivity index (χ1n) is 8.06. The Hall–Kier alpha value is -2.54. The van der Waals surface area contributed by atoms with Gasteiger partial charge in [-0.2, -0.15) is 0 Å². The SMILES string of the molecule is COc1ccc([N+](=O)[O-])cc1NC(=O)CSc1ccc(C(C)(C)C)cc1. The maximum atomic E-state index is 12.2. The summed E-state index contributed by atoms with van der Waals surface area (Å²) in [5, 5.41) is 13.6. The number of anilines is 1. The zero-order valence-corrected chi connectivity index (χ0v) is 16.1. The largest absolute Gasteiger partial charge is 0.495 e. The van der Waals surface area contributed by atoms with Gasteiger partial charge in [0.05, 0.1) is 23.5 Å². The van der Waals surface area contributed by atoms with Gasteiger partial charge in [-0.05, 0) is 29.2 Å². The topological polar surface area (TPSA) is 81.5 Å². The summed E-state index contributed by atoms with van der Waals surface area (Å²) >= 11 is 1.40. The lowest BCUT2D eigenvalue weighted by molar-refractivity contribution is -0.384. The Bertz CT molecular complexity index is 798. The molecule has 0 unspecified atom stereocenters. The van der Waals surface area contributed by atoms with E-state index in [9.17, 15) is 14.9 Å². The highest BCUT2D eigenvalue weighted by atomic mass is 32.2. The van der Waals surface area contributed by atoms with E-state index in [0.29, 0.717) is 5.75 Å². The van der Waals surface area contributed by atoms with Crippen LogP contribution in [0.25, 0.3) is 0 Å². The van der Waals surface area contributed by atoms with Gasteiger partial charge in [0, 0.05) is 17.0 Å². The summed E-state index contributed by atoms with van der Waals surface area (Å²) in [5.74, 6) is 0.318. The summed E-state index contributed by atoms with van der Waals surface area (Å²) in [4.78, 5) is 23.6. The number of nitro groups is 1. The molecule has 0 aliphatic heterocycles. The van der Waals surface area contributed by atoms with Crippen molar-refractivity contribution in [3.63, 3.8) is 0 Å². The van der Waals surface area contributed by atoms with Gasteiger partial charge in [-0.1, -0.05) is 32.9 Å². The van der Waals surface area contributed by atoms with E-state index in [1.54, 1.807) is 0 Å². The number of ether oxygens (including phenoxy) is 1. The van der Waals surface area contributed by atoms with Crippen LogP contribution in [-0.2, 0) is 10.2 Å². The van der Waals surface area contributed by atoms with Gasteiger partial charge in [0.25, 0.3) is 5.69 Å². The van der Waals surface area contributed by atoms with Gasteiger partial charge in [-0.25, -0.2) is 0 Å². The van der Waals surface area contributed by atoms with Crippen LogP contribution in [-0.4, -0.2) is 23.7 Å². The van der Waals surface area contributed by atoms with Gasteiger partial charge in [0.1, 0.15) is 5.75 Å². The van der Waals surface area contributed by atoms with Crippen molar-refractivity contribution >= 4 is 29.0 Å². The van der Waals surface area contributed by atoms with Gasteiger partial charge < -0.3 is 10.1 Å². The van der Waals surface area contributed by atoms with Crippen LogP contribution in [0.1, 0.15) is 26.3 Å². The first-order valence-corrected chi connectivity index (χ1v) is 9.05. The van der Waals surface area contributed by atoms with Gasteiger partial charge in [0.2, 0.25) is 5.91 Å². The number of non-ortho nitro benzene ring substituents is 1. The minimum absolute atomic E-state index is 0.0825. The van der Waals surface area contributed by atoms with E-state index in [-0.39, 0.29) is 28.4 Å². The molecule has 0 aliphatic rings. The standard InChI is InChI=1S/C19H22N2O4S/c1-19(2,3)13-5-8-15(9-6-13)26-12-18(22)20-16-11-14(21(23)24)7-10-17(16)25-4/h5-11H,12H2,1-4H3,(H,20,22). The van der Waals surface area contributed by atoms with Crippen LogP contribution >= 0.6 is 11.8 Å². The number of hydrogen-bond acceptors (Lipinski definition) is 5. The molecule has 0 fully saturated rings. The second kappa shape index (κ2) is 8.23. The highest BCUT2D eigenvalue weighted by Crippen LogP contribution is 2.30. The van der Waals surface area contributed by atoms with Crippen LogP contribution in [0.4, 0.5) is 11.4 Å². The van der Waals surface area contributed by atoms with Gasteiger partial charge in [-0.3, -0.25) is 14.9 Å². The maximum Gasteiger partial charge on any atom is 0.271 e. The Morgan fingerprint density at radius 2 is 1.85 bits per heavy atom. The average molecular weight is 374 g/mol. The molecule has 0 aromatic heterocycles. The van der Waals surface area contributed by atoms with Crippen LogP contribution in [0.2, 0.25) is 0 Å². The Labute approximate surface area is 157 Å². The number of thioether (sulfide) groups is 1. The molecule has 0 atom stereocenters. The van der Waals surface area contributed by atoms with Crippen molar-refractivity contribution in [2.45, 2.75) is 31.1 Å².